The molecular formula is C11H14IN. The Morgan fingerprint density at radius 3 is 2.92 bits per heavy atom. The average molecular weight is 287 g/mol. The molecule has 0 amide bonds. The Kier molecular flexibility index (Phi) is 2.89. The number of hydrogen-bond donors (Lipinski definition) is 1. The lowest BCUT2D eigenvalue weighted by atomic mass is 10.0. The van der Waals surface area contributed by atoms with Crippen molar-refractivity contribution in [3.63, 3.8) is 0 Å². The molecule has 0 saturated carbocycles. The molecule has 1 aromatic carbocycles. The molecule has 2 heteroatoms. The van der Waals surface area contributed by atoms with Crippen LogP contribution in [-0.2, 0) is 0 Å². The second-order valence-corrected chi connectivity index (χ2v) is 4.82. The van der Waals surface area contributed by atoms with E-state index in [2.05, 4.69) is 53.0 Å². The van der Waals surface area contributed by atoms with Gasteiger partial charge in [-0.3, -0.25) is 0 Å². The quantitative estimate of drug-likeness (QED) is 0.783. The first kappa shape index (κ1) is 9.46. The molecule has 1 saturated heterocycles. The van der Waals surface area contributed by atoms with Gasteiger partial charge >= 0.3 is 0 Å². The van der Waals surface area contributed by atoms with E-state index in [0.29, 0.717) is 6.04 Å². The highest BCUT2D eigenvalue weighted by Gasteiger charge is 2.15. The molecule has 1 fully saturated rings. The molecule has 0 radical (unpaired) electrons. The van der Waals surface area contributed by atoms with Gasteiger partial charge in [0.05, 0.1) is 0 Å². The van der Waals surface area contributed by atoms with Crippen LogP contribution >= 0.6 is 22.6 Å². The second kappa shape index (κ2) is 3.96. The fraction of sp³-hybridized carbons (Fsp3) is 0.455. The van der Waals surface area contributed by atoms with Crippen LogP contribution in [0.25, 0.3) is 0 Å². The summed E-state index contributed by atoms with van der Waals surface area (Å²) in [5.41, 5.74) is 2.85. The largest absolute Gasteiger partial charge is 0.310 e. The number of nitrogens with one attached hydrogen (secondary N) is 1. The maximum absolute atomic E-state index is 3.52. The third-order valence-corrected chi connectivity index (χ3v) is 3.86. The van der Waals surface area contributed by atoms with Gasteiger partial charge in [-0.1, -0.05) is 12.1 Å². The van der Waals surface area contributed by atoms with Gasteiger partial charge in [-0.05, 0) is 66.1 Å². The first-order valence-corrected chi connectivity index (χ1v) is 5.84. The lowest BCUT2D eigenvalue weighted by molar-refractivity contribution is 0.647. The van der Waals surface area contributed by atoms with E-state index in [0.717, 1.165) is 0 Å². The Labute approximate surface area is 93.1 Å². The summed E-state index contributed by atoms with van der Waals surface area (Å²) in [6.45, 7) is 3.36. The summed E-state index contributed by atoms with van der Waals surface area (Å²) >= 11 is 2.38. The fourth-order valence-corrected chi connectivity index (χ4v) is 2.19. The number of aryl methyl sites for hydroxylation is 1. The predicted molar refractivity (Wildman–Crippen MR) is 63.9 cm³/mol. The highest BCUT2D eigenvalue weighted by atomic mass is 127. The Morgan fingerprint density at radius 1 is 1.46 bits per heavy atom. The van der Waals surface area contributed by atoms with Crippen molar-refractivity contribution in [1.29, 1.82) is 0 Å². The molecule has 1 heterocycles. The summed E-state index contributed by atoms with van der Waals surface area (Å²) in [6, 6.07) is 7.38. The summed E-state index contributed by atoms with van der Waals surface area (Å²) in [4.78, 5) is 0. The van der Waals surface area contributed by atoms with Gasteiger partial charge in [-0.15, -0.1) is 0 Å². The van der Waals surface area contributed by atoms with Crippen molar-refractivity contribution in [2.24, 2.45) is 0 Å². The molecule has 0 bridgehead atoms. The van der Waals surface area contributed by atoms with E-state index < -0.39 is 0 Å². The van der Waals surface area contributed by atoms with Gasteiger partial charge in [0, 0.05) is 9.61 Å². The molecule has 2 rings (SSSR count). The van der Waals surface area contributed by atoms with E-state index in [4.69, 9.17) is 0 Å². The van der Waals surface area contributed by atoms with Crippen LogP contribution < -0.4 is 5.32 Å². The van der Waals surface area contributed by atoms with Gasteiger partial charge in [0.2, 0.25) is 0 Å². The molecule has 70 valence electrons. The first-order valence-electron chi connectivity index (χ1n) is 4.77. The standard InChI is InChI=1S/C11H14IN/c1-8-7-9(4-5-10(8)12)11-3-2-6-13-11/h4-5,7,11,13H,2-3,6H2,1H3. The molecule has 0 aromatic heterocycles. The van der Waals surface area contributed by atoms with E-state index in [-0.39, 0.29) is 0 Å². The molecule has 1 nitrogen and oxygen atoms in total. The van der Waals surface area contributed by atoms with Crippen molar-refractivity contribution < 1.29 is 0 Å². The summed E-state index contributed by atoms with van der Waals surface area (Å²) in [5, 5.41) is 3.52. The smallest absolute Gasteiger partial charge is 0.0320 e. The van der Waals surface area contributed by atoms with Crippen LogP contribution in [0.2, 0.25) is 0 Å². The maximum atomic E-state index is 3.52. The molecule has 1 aromatic rings. The van der Waals surface area contributed by atoms with Crippen molar-refractivity contribution >= 4 is 22.6 Å². The van der Waals surface area contributed by atoms with Crippen molar-refractivity contribution in [3.05, 3.63) is 32.9 Å². The molecule has 1 atom stereocenters. The van der Waals surface area contributed by atoms with Crippen molar-refractivity contribution in [2.75, 3.05) is 6.54 Å². The lowest BCUT2D eigenvalue weighted by Gasteiger charge is -2.11. The first-order chi connectivity index (χ1) is 6.27. The summed E-state index contributed by atoms with van der Waals surface area (Å²) in [5.74, 6) is 0. The van der Waals surface area contributed by atoms with Gasteiger partial charge < -0.3 is 5.32 Å². The summed E-state index contributed by atoms with van der Waals surface area (Å²) in [6.07, 6.45) is 2.61. The van der Waals surface area contributed by atoms with Crippen LogP contribution in [0.3, 0.4) is 0 Å². The minimum absolute atomic E-state index is 0.607. The lowest BCUT2D eigenvalue weighted by Crippen LogP contribution is -2.12. The molecule has 1 aliphatic heterocycles. The molecular weight excluding hydrogens is 273 g/mol. The Morgan fingerprint density at radius 2 is 2.31 bits per heavy atom. The fourth-order valence-electron chi connectivity index (χ4n) is 1.85. The highest BCUT2D eigenvalue weighted by molar-refractivity contribution is 14.1. The predicted octanol–water partition coefficient (Wildman–Crippen LogP) is 3.02. The van der Waals surface area contributed by atoms with Crippen LogP contribution in [-0.4, -0.2) is 6.54 Å². The van der Waals surface area contributed by atoms with E-state index >= 15 is 0 Å². The molecule has 13 heavy (non-hydrogen) atoms. The highest BCUT2D eigenvalue weighted by Crippen LogP contribution is 2.25. The van der Waals surface area contributed by atoms with Gasteiger partial charge in [-0.25, -0.2) is 0 Å². The normalized spacial score (nSPS) is 22.2. The minimum Gasteiger partial charge on any atom is -0.310 e. The van der Waals surface area contributed by atoms with E-state index in [1.807, 2.05) is 0 Å². The SMILES string of the molecule is Cc1cc(C2CCCN2)ccc1I. The second-order valence-electron chi connectivity index (χ2n) is 3.66. The number of hydrogen-bond acceptors (Lipinski definition) is 1. The van der Waals surface area contributed by atoms with Gasteiger partial charge in [0.25, 0.3) is 0 Å². The van der Waals surface area contributed by atoms with Gasteiger partial charge in [0.15, 0.2) is 0 Å². The van der Waals surface area contributed by atoms with Gasteiger partial charge in [-0.2, -0.15) is 0 Å². The third-order valence-electron chi connectivity index (χ3n) is 2.64. The van der Waals surface area contributed by atoms with Gasteiger partial charge in [0.1, 0.15) is 0 Å². The summed E-state index contributed by atoms with van der Waals surface area (Å²) < 4.78 is 1.36. The molecule has 1 aliphatic rings. The Hall–Kier alpha value is -0.0900. The van der Waals surface area contributed by atoms with Crippen LogP contribution in [0.15, 0.2) is 18.2 Å². The number of rotatable bonds is 1. The van der Waals surface area contributed by atoms with Crippen molar-refractivity contribution in [1.82, 2.24) is 5.32 Å². The van der Waals surface area contributed by atoms with Crippen LogP contribution in [0, 0.1) is 10.5 Å². The average Bonchev–Trinajstić information content (AvgIpc) is 2.62. The molecule has 1 unspecified atom stereocenters. The zero-order valence-corrected chi connectivity index (χ0v) is 9.97. The zero-order valence-electron chi connectivity index (χ0n) is 7.81. The Balaban J connectivity index is 2.25. The number of halogens is 1. The topological polar surface area (TPSA) is 12.0 Å². The van der Waals surface area contributed by atoms with Crippen LogP contribution in [0.5, 0.6) is 0 Å². The maximum Gasteiger partial charge on any atom is 0.0320 e. The summed E-state index contributed by atoms with van der Waals surface area (Å²) in [7, 11) is 0. The van der Waals surface area contributed by atoms with E-state index in [9.17, 15) is 0 Å². The third kappa shape index (κ3) is 2.05. The van der Waals surface area contributed by atoms with E-state index in [1.54, 1.807) is 0 Å². The Bertz CT molecular complexity index is 303. The molecule has 0 spiro atoms. The van der Waals surface area contributed by atoms with Crippen molar-refractivity contribution in [2.45, 2.75) is 25.8 Å². The molecule has 0 aliphatic carbocycles. The minimum atomic E-state index is 0.607. The van der Waals surface area contributed by atoms with Crippen molar-refractivity contribution in [3.8, 4) is 0 Å². The molecule has 1 N–H and O–H groups in total. The van der Waals surface area contributed by atoms with Crippen LogP contribution in [0.1, 0.15) is 30.0 Å². The van der Waals surface area contributed by atoms with Crippen LogP contribution in [0.4, 0.5) is 0 Å². The van der Waals surface area contributed by atoms with E-state index in [1.165, 1.54) is 34.1 Å². The zero-order chi connectivity index (χ0) is 9.26. The number of benzene rings is 1. The monoisotopic (exact) mass is 287 g/mol.